The second-order valence-electron chi connectivity index (χ2n) is 9.76. The Labute approximate surface area is 226 Å². The molecule has 0 aliphatic carbocycles. The smallest absolute Gasteiger partial charge is 0.337 e. The summed E-state index contributed by atoms with van der Waals surface area (Å²) in [5.41, 5.74) is 1.73. The van der Waals surface area contributed by atoms with E-state index in [1.54, 1.807) is 42.5 Å². The largest absolute Gasteiger partial charge is 0.508 e. The van der Waals surface area contributed by atoms with E-state index in [2.05, 4.69) is 15.6 Å². The van der Waals surface area contributed by atoms with E-state index in [1.165, 1.54) is 34.9 Å². The molecule has 0 fully saturated rings. The van der Waals surface area contributed by atoms with Crippen molar-refractivity contribution in [2.24, 2.45) is 0 Å². The lowest BCUT2D eigenvalue weighted by atomic mass is 9.98. The molecule has 0 aliphatic rings. The highest BCUT2D eigenvalue weighted by Crippen LogP contribution is 2.31. The summed E-state index contributed by atoms with van der Waals surface area (Å²) >= 11 is 0. The molecule has 0 radical (unpaired) electrons. The van der Waals surface area contributed by atoms with Crippen molar-refractivity contribution < 1.29 is 24.2 Å². The number of fused-ring (bicyclic) bond motifs is 1. The Morgan fingerprint density at radius 2 is 1.77 bits per heavy atom. The molecule has 0 aliphatic heterocycles. The van der Waals surface area contributed by atoms with E-state index in [0.29, 0.717) is 28.7 Å². The third-order valence-corrected chi connectivity index (χ3v) is 6.58. The van der Waals surface area contributed by atoms with Crippen molar-refractivity contribution in [1.29, 1.82) is 0 Å². The van der Waals surface area contributed by atoms with Crippen LogP contribution in [-0.4, -0.2) is 50.5 Å². The topological polar surface area (TPSA) is 127 Å². The average molecular weight is 530 g/mol. The van der Waals surface area contributed by atoms with Gasteiger partial charge < -0.3 is 15.2 Å². The molecule has 0 unspecified atom stereocenters. The van der Waals surface area contributed by atoms with Gasteiger partial charge in [0, 0.05) is 11.2 Å². The number of esters is 1. The van der Waals surface area contributed by atoms with Gasteiger partial charge in [-0.15, -0.1) is 5.10 Å². The quantitative estimate of drug-likeness (QED) is 0.314. The number of carbonyl (C=O) groups excluding carboxylic acids is 3. The van der Waals surface area contributed by atoms with Crippen LogP contribution < -0.4 is 10.2 Å². The number of nitrogens with one attached hydrogen (secondary N) is 1. The number of aromatic hydroxyl groups is 1. The highest BCUT2D eigenvalue weighted by molar-refractivity contribution is 6.02. The molecule has 202 valence electrons. The lowest BCUT2D eigenvalue weighted by molar-refractivity contribution is -0.128. The highest BCUT2D eigenvalue weighted by Gasteiger charge is 2.35. The predicted octanol–water partition coefficient (Wildman–Crippen LogP) is 4.00. The summed E-state index contributed by atoms with van der Waals surface area (Å²) < 4.78 is 6.35. The van der Waals surface area contributed by atoms with Gasteiger partial charge in [0.2, 0.25) is 11.8 Å². The van der Waals surface area contributed by atoms with Gasteiger partial charge in [-0.3, -0.25) is 14.5 Å². The maximum atomic E-state index is 14.1. The van der Waals surface area contributed by atoms with Gasteiger partial charge >= 0.3 is 5.97 Å². The Morgan fingerprint density at radius 3 is 2.46 bits per heavy atom. The molecule has 2 N–H and O–H groups in total. The average Bonchev–Trinajstić information content (AvgIpc) is 3.34. The minimum Gasteiger partial charge on any atom is -0.508 e. The van der Waals surface area contributed by atoms with Crippen molar-refractivity contribution in [3.8, 4) is 5.75 Å². The molecule has 10 heteroatoms. The van der Waals surface area contributed by atoms with Gasteiger partial charge in [-0.25, -0.2) is 9.48 Å². The number of aromatic nitrogens is 3. The maximum Gasteiger partial charge on any atom is 0.337 e. The minimum atomic E-state index is -1.13. The Morgan fingerprint density at radius 1 is 1.05 bits per heavy atom. The van der Waals surface area contributed by atoms with E-state index < -0.39 is 29.4 Å². The molecule has 4 aromatic rings. The molecule has 0 saturated heterocycles. The van der Waals surface area contributed by atoms with Crippen LogP contribution in [0.15, 0.2) is 72.8 Å². The predicted molar refractivity (Wildman–Crippen MR) is 146 cm³/mol. The van der Waals surface area contributed by atoms with E-state index in [1.807, 2.05) is 32.9 Å². The molecule has 1 aromatic heterocycles. The number of rotatable bonds is 9. The summed E-state index contributed by atoms with van der Waals surface area (Å²) in [5, 5.41) is 21.2. The van der Waals surface area contributed by atoms with Crippen molar-refractivity contribution in [3.63, 3.8) is 0 Å². The number of phenolic OH excluding ortho intramolecular Hbond substituents is 1. The number of ether oxygens (including phenoxy) is 1. The molecular formula is C29H31N5O5. The second-order valence-corrected chi connectivity index (χ2v) is 9.76. The van der Waals surface area contributed by atoms with Gasteiger partial charge in [0.15, 0.2) is 0 Å². The maximum absolute atomic E-state index is 14.1. The van der Waals surface area contributed by atoms with Crippen LogP contribution in [0.5, 0.6) is 5.75 Å². The third kappa shape index (κ3) is 6.06. The first-order chi connectivity index (χ1) is 18.6. The fourth-order valence-electron chi connectivity index (χ4n) is 4.14. The number of amides is 2. The monoisotopic (exact) mass is 529 g/mol. The number of methoxy groups -OCH3 is 1. The van der Waals surface area contributed by atoms with E-state index in [4.69, 9.17) is 4.74 Å². The molecule has 0 bridgehead atoms. The fraction of sp³-hybridized carbons (Fsp3) is 0.276. The number of hydrogen-bond acceptors (Lipinski definition) is 7. The van der Waals surface area contributed by atoms with Crippen LogP contribution in [0.3, 0.4) is 0 Å². The third-order valence-electron chi connectivity index (χ3n) is 6.58. The lowest BCUT2D eigenvalue weighted by Gasteiger charge is -2.34. The molecule has 39 heavy (non-hydrogen) atoms. The van der Waals surface area contributed by atoms with Crippen molar-refractivity contribution in [2.45, 2.75) is 45.3 Å². The summed E-state index contributed by atoms with van der Waals surface area (Å²) in [6, 6.07) is 18.6. The zero-order chi connectivity index (χ0) is 28.2. The molecule has 2 amide bonds. The minimum absolute atomic E-state index is 0.0199. The first-order valence-electron chi connectivity index (χ1n) is 12.5. The van der Waals surface area contributed by atoms with E-state index in [-0.39, 0.29) is 17.9 Å². The number of nitrogens with zero attached hydrogens (tertiary/aromatic N) is 4. The second kappa shape index (κ2) is 11.3. The molecule has 1 atom stereocenters. The van der Waals surface area contributed by atoms with Gasteiger partial charge in [-0.05, 0) is 68.3 Å². The number of para-hydroxylation sites is 1. The van der Waals surface area contributed by atoms with Crippen LogP contribution in [0.2, 0.25) is 0 Å². The molecular weight excluding hydrogens is 498 g/mol. The molecule has 0 saturated carbocycles. The van der Waals surface area contributed by atoms with Crippen molar-refractivity contribution in [1.82, 2.24) is 20.3 Å². The summed E-state index contributed by atoms with van der Waals surface area (Å²) in [6.45, 7) is 5.52. The number of hydrogen-bond donors (Lipinski definition) is 2. The Hall–Kier alpha value is -4.73. The first kappa shape index (κ1) is 27.3. The molecule has 10 nitrogen and oxygen atoms in total. The van der Waals surface area contributed by atoms with Crippen molar-refractivity contribution in [3.05, 3.63) is 83.9 Å². The Kier molecular flexibility index (Phi) is 7.94. The van der Waals surface area contributed by atoms with Gasteiger partial charge in [0.1, 0.15) is 23.9 Å². The summed E-state index contributed by atoms with van der Waals surface area (Å²) in [5.74, 6) is -1.45. The summed E-state index contributed by atoms with van der Waals surface area (Å²) in [7, 11) is 1.27. The Bertz CT molecular complexity index is 1500. The SMILES string of the molecule is CCC(C)(C)NC(=O)[C@@H](c1ccc(O)cc1)N(C(=O)Cn1nnc2ccccc21)c1cccc(C(=O)OC)c1. The molecule has 1 heterocycles. The van der Waals surface area contributed by atoms with Crippen LogP contribution in [0, 0.1) is 0 Å². The first-order valence-corrected chi connectivity index (χ1v) is 12.5. The molecule has 0 spiro atoms. The zero-order valence-corrected chi connectivity index (χ0v) is 22.3. The van der Waals surface area contributed by atoms with Gasteiger partial charge in [0.25, 0.3) is 0 Å². The zero-order valence-electron chi connectivity index (χ0n) is 22.3. The van der Waals surface area contributed by atoms with E-state index >= 15 is 0 Å². The molecule has 4 rings (SSSR count). The number of phenols is 1. The van der Waals surface area contributed by atoms with Gasteiger partial charge in [-0.1, -0.05) is 42.5 Å². The van der Waals surface area contributed by atoms with Crippen LogP contribution in [-0.2, 0) is 20.9 Å². The number of anilines is 1. The molecule has 3 aromatic carbocycles. The number of benzene rings is 3. The normalized spacial score (nSPS) is 12.1. The van der Waals surface area contributed by atoms with Crippen molar-refractivity contribution >= 4 is 34.5 Å². The van der Waals surface area contributed by atoms with Crippen LogP contribution >= 0.6 is 0 Å². The number of carbonyl (C=O) groups is 3. The van der Waals surface area contributed by atoms with E-state index in [9.17, 15) is 19.5 Å². The highest BCUT2D eigenvalue weighted by atomic mass is 16.5. The van der Waals surface area contributed by atoms with Crippen molar-refractivity contribution in [2.75, 3.05) is 12.0 Å². The van der Waals surface area contributed by atoms with Gasteiger partial charge in [-0.2, -0.15) is 0 Å². The standard InChI is InChI=1S/C29H31N5O5/c1-5-29(2,3)30-27(37)26(19-13-15-22(35)16-14-19)34(21-10-8-9-20(17-21)28(38)39-4)25(36)18-33-24-12-7-6-11-23(24)31-32-33/h6-17,26,35H,5,18H2,1-4H3,(H,30,37)/t26-/m1/s1. The van der Waals surface area contributed by atoms with Crippen LogP contribution in [0.25, 0.3) is 11.0 Å². The van der Waals surface area contributed by atoms with Crippen LogP contribution in [0.1, 0.15) is 49.2 Å². The van der Waals surface area contributed by atoms with Gasteiger partial charge in [0.05, 0.1) is 18.2 Å². The van der Waals surface area contributed by atoms with Crippen LogP contribution in [0.4, 0.5) is 5.69 Å². The fourth-order valence-corrected chi connectivity index (χ4v) is 4.14. The summed E-state index contributed by atoms with van der Waals surface area (Å²) in [4.78, 5) is 41.7. The van der Waals surface area contributed by atoms with E-state index in [0.717, 1.165) is 0 Å². The Balaban J connectivity index is 1.86. The lowest BCUT2D eigenvalue weighted by Crippen LogP contribution is -2.51. The summed E-state index contributed by atoms with van der Waals surface area (Å²) in [6.07, 6.45) is 0.651.